The van der Waals surface area contributed by atoms with Crippen molar-refractivity contribution in [2.75, 3.05) is 32.2 Å². The molecule has 23 heavy (non-hydrogen) atoms. The first-order chi connectivity index (χ1) is 11.2. The molecular weight excluding hydrogens is 310 g/mol. The highest BCUT2D eigenvalue weighted by Crippen LogP contribution is 2.30. The SMILES string of the molecule is COc1cc(OC)cc(N2CCC(NCc3nc(C)cs3)C2)c1. The summed E-state index contributed by atoms with van der Waals surface area (Å²) in [5.74, 6) is 1.66. The van der Waals surface area contributed by atoms with Crippen LogP contribution in [-0.4, -0.2) is 38.3 Å². The summed E-state index contributed by atoms with van der Waals surface area (Å²) in [6.45, 7) is 4.90. The third-order valence-electron chi connectivity index (χ3n) is 4.10. The zero-order valence-electron chi connectivity index (χ0n) is 13.8. The van der Waals surface area contributed by atoms with E-state index in [1.54, 1.807) is 25.6 Å². The Morgan fingerprint density at radius 1 is 1.26 bits per heavy atom. The molecule has 3 rings (SSSR count). The maximum absolute atomic E-state index is 5.36. The second-order valence-electron chi connectivity index (χ2n) is 5.77. The predicted octanol–water partition coefficient (Wildman–Crippen LogP) is 2.84. The van der Waals surface area contributed by atoms with E-state index in [1.165, 1.54) is 0 Å². The van der Waals surface area contributed by atoms with Gasteiger partial charge in [0.05, 0.1) is 14.2 Å². The number of benzene rings is 1. The molecule has 1 fully saturated rings. The van der Waals surface area contributed by atoms with Crippen molar-refractivity contribution in [1.29, 1.82) is 0 Å². The Hall–Kier alpha value is -1.79. The van der Waals surface area contributed by atoms with Crippen LogP contribution in [0.25, 0.3) is 0 Å². The summed E-state index contributed by atoms with van der Waals surface area (Å²) in [7, 11) is 3.37. The van der Waals surface area contributed by atoms with Crippen molar-refractivity contribution in [3.8, 4) is 11.5 Å². The topological polar surface area (TPSA) is 46.6 Å². The van der Waals surface area contributed by atoms with Crippen molar-refractivity contribution < 1.29 is 9.47 Å². The number of thiazole rings is 1. The van der Waals surface area contributed by atoms with Gasteiger partial charge < -0.3 is 19.7 Å². The summed E-state index contributed by atoms with van der Waals surface area (Å²) < 4.78 is 10.7. The van der Waals surface area contributed by atoms with Gasteiger partial charge in [-0.15, -0.1) is 11.3 Å². The highest BCUT2D eigenvalue weighted by atomic mass is 32.1. The van der Waals surface area contributed by atoms with Crippen LogP contribution in [0.15, 0.2) is 23.6 Å². The predicted molar refractivity (Wildman–Crippen MR) is 93.9 cm³/mol. The van der Waals surface area contributed by atoms with Gasteiger partial charge in [0.1, 0.15) is 16.5 Å². The molecule has 124 valence electrons. The number of nitrogens with zero attached hydrogens (tertiary/aromatic N) is 2. The molecule has 0 bridgehead atoms. The Balaban J connectivity index is 1.60. The van der Waals surface area contributed by atoms with Crippen LogP contribution in [0.4, 0.5) is 5.69 Å². The molecule has 1 N–H and O–H groups in total. The maximum atomic E-state index is 5.36. The van der Waals surface area contributed by atoms with Gasteiger partial charge in [-0.3, -0.25) is 0 Å². The number of methoxy groups -OCH3 is 2. The lowest BCUT2D eigenvalue weighted by molar-refractivity contribution is 0.394. The van der Waals surface area contributed by atoms with Crippen LogP contribution in [-0.2, 0) is 6.54 Å². The molecule has 0 radical (unpaired) electrons. The average Bonchev–Trinajstić information content (AvgIpc) is 3.21. The summed E-state index contributed by atoms with van der Waals surface area (Å²) in [6.07, 6.45) is 1.13. The van der Waals surface area contributed by atoms with E-state index >= 15 is 0 Å². The normalized spacial score (nSPS) is 17.5. The standard InChI is InChI=1S/C17H23N3O2S/c1-12-11-23-17(19-12)9-18-13-4-5-20(10-13)14-6-15(21-2)8-16(7-14)22-3/h6-8,11,13,18H,4-5,9-10H2,1-3H3. The molecule has 1 aliphatic rings. The monoisotopic (exact) mass is 333 g/mol. The van der Waals surface area contributed by atoms with E-state index in [0.29, 0.717) is 6.04 Å². The second-order valence-corrected chi connectivity index (χ2v) is 6.71. The Morgan fingerprint density at radius 2 is 2.00 bits per heavy atom. The lowest BCUT2D eigenvalue weighted by Gasteiger charge is -2.20. The molecule has 0 aliphatic carbocycles. The van der Waals surface area contributed by atoms with Crippen LogP contribution >= 0.6 is 11.3 Å². The van der Waals surface area contributed by atoms with E-state index in [1.807, 2.05) is 13.0 Å². The highest BCUT2D eigenvalue weighted by Gasteiger charge is 2.23. The maximum Gasteiger partial charge on any atom is 0.124 e. The molecule has 1 unspecified atom stereocenters. The van der Waals surface area contributed by atoms with Crippen LogP contribution in [0.2, 0.25) is 0 Å². The van der Waals surface area contributed by atoms with Crippen molar-refractivity contribution in [3.63, 3.8) is 0 Å². The first kappa shape index (κ1) is 16.1. The smallest absolute Gasteiger partial charge is 0.124 e. The van der Waals surface area contributed by atoms with Gasteiger partial charge in [0, 0.05) is 60.6 Å². The van der Waals surface area contributed by atoms with E-state index in [-0.39, 0.29) is 0 Å². The first-order valence-electron chi connectivity index (χ1n) is 7.80. The fourth-order valence-corrected chi connectivity index (χ4v) is 3.57. The fourth-order valence-electron chi connectivity index (χ4n) is 2.85. The van der Waals surface area contributed by atoms with Crippen LogP contribution in [0.5, 0.6) is 11.5 Å². The van der Waals surface area contributed by atoms with Crippen molar-refractivity contribution >= 4 is 17.0 Å². The Labute approximate surface area is 141 Å². The summed E-state index contributed by atoms with van der Waals surface area (Å²) in [6, 6.07) is 6.51. The van der Waals surface area contributed by atoms with Gasteiger partial charge in [-0.1, -0.05) is 0 Å². The fraction of sp³-hybridized carbons (Fsp3) is 0.471. The number of ether oxygens (including phenoxy) is 2. The number of hydrogen-bond donors (Lipinski definition) is 1. The Kier molecular flexibility index (Phi) is 5.03. The van der Waals surface area contributed by atoms with Gasteiger partial charge in [-0.05, 0) is 13.3 Å². The average molecular weight is 333 g/mol. The number of hydrogen-bond acceptors (Lipinski definition) is 6. The molecule has 1 aromatic heterocycles. The minimum Gasteiger partial charge on any atom is -0.497 e. The highest BCUT2D eigenvalue weighted by molar-refractivity contribution is 7.09. The van der Waals surface area contributed by atoms with Crippen molar-refractivity contribution in [2.24, 2.45) is 0 Å². The van der Waals surface area contributed by atoms with E-state index in [0.717, 1.165) is 53.9 Å². The molecule has 1 saturated heterocycles. The van der Waals surface area contributed by atoms with Crippen LogP contribution < -0.4 is 19.7 Å². The van der Waals surface area contributed by atoms with Gasteiger partial charge in [-0.2, -0.15) is 0 Å². The zero-order valence-corrected chi connectivity index (χ0v) is 14.7. The molecular formula is C17H23N3O2S. The molecule has 2 heterocycles. The Morgan fingerprint density at radius 3 is 2.61 bits per heavy atom. The zero-order chi connectivity index (χ0) is 16.2. The van der Waals surface area contributed by atoms with Gasteiger partial charge in [0.25, 0.3) is 0 Å². The van der Waals surface area contributed by atoms with Crippen LogP contribution in [0.1, 0.15) is 17.1 Å². The van der Waals surface area contributed by atoms with Crippen molar-refractivity contribution in [2.45, 2.75) is 25.9 Å². The second kappa shape index (κ2) is 7.19. The molecule has 5 nitrogen and oxygen atoms in total. The lowest BCUT2D eigenvalue weighted by atomic mass is 10.2. The molecule has 1 aliphatic heterocycles. The largest absolute Gasteiger partial charge is 0.497 e. The summed E-state index contributed by atoms with van der Waals surface area (Å²) >= 11 is 1.72. The number of rotatable bonds is 6. The van der Waals surface area contributed by atoms with Crippen molar-refractivity contribution in [3.05, 3.63) is 34.3 Å². The first-order valence-corrected chi connectivity index (χ1v) is 8.68. The minimum atomic E-state index is 0.483. The molecule has 0 amide bonds. The van der Waals surface area contributed by atoms with Gasteiger partial charge >= 0.3 is 0 Å². The molecule has 2 aromatic rings. The van der Waals surface area contributed by atoms with E-state index in [4.69, 9.17) is 9.47 Å². The third-order valence-corrected chi connectivity index (χ3v) is 5.06. The van der Waals surface area contributed by atoms with Crippen molar-refractivity contribution in [1.82, 2.24) is 10.3 Å². The Bertz CT molecular complexity index is 637. The molecule has 1 atom stereocenters. The number of aromatic nitrogens is 1. The quantitative estimate of drug-likeness (QED) is 0.881. The van der Waals surface area contributed by atoms with E-state index in [2.05, 4.69) is 32.7 Å². The lowest BCUT2D eigenvalue weighted by Crippen LogP contribution is -2.32. The third kappa shape index (κ3) is 3.95. The van der Waals surface area contributed by atoms with Gasteiger partial charge in [-0.25, -0.2) is 4.98 Å². The van der Waals surface area contributed by atoms with E-state index < -0.39 is 0 Å². The number of anilines is 1. The van der Waals surface area contributed by atoms with Crippen LogP contribution in [0, 0.1) is 6.92 Å². The number of aryl methyl sites for hydroxylation is 1. The van der Waals surface area contributed by atoms with Gasteiger partial charge in [0.2, 0.25) is 0 Å². The number of nitrogens with one attached hydrogen (secondary N) is 1. The molecule has 6 heteroatoms. The summed E-state index contributed by atoms with van der Waals surface area (Å²) in [5.41, 5.74) is 2.25. The summed E-state index contributed by atoms with van der Waals surface area (Å²) in [4.78, 5) is 6.87. The van der Waals surface area contributed by atoms with Crippen LogP contribution in [0.3, 0.4) is 0 Å². The molecule has 0 spiro atoms. The van der Waals surface area contributed by atoms with Gasteiger partial charge in [0.15, 0.2) is 0 Å². The minimum absolute atomic E-state index is 0.483. The summed E-state index contributed by atoms with van der Waals surface area (Å²) in [5, 5.41) is 6.87. The van der Waals surface area contributed by atoms with E-state index in [9.17, 15) is 0 Å². The molecule has 1 aromatic carbocycles. The molecule has 0 saturated carbocycles.